The average Bonchev–Trinajstić information content (AvgIpc) is 2.52. The van der Waals surface area contributed by atoms with Crippen LogP contribution in [0.5, 0.6) is 0 Å². The highest BCUT2D eigenvalue weighted by molar-refractivity contribution is 9.10. The third kappa shape index (κ3) is 2.00. The molecule has 0 amide bonds. The second-order valence-electron chi connectivity index (χ2n) is 2.58. The van der Waals surface area contributed by atoms with Crippen LogP contribution in [0.15, 0.2) is 45.9 Å². The maximum absolute atomic E-state index is 4.09. The second-order valence-corrected chi connectivity index (χ2v) is 4.31. The van der Waals surface area contributed by atoms with Crippen molar-refractivity contribution >= 4 is 31.9 Å². The fourth-order valence-corrected chi connectivity index (χ4v) is 1.78. The summed E-state index contributed by atoms with van der Waals surface area (Å²) in [7, 11) is 0. The summed E-state index contributed by atoms with van der Waals surface area (Å²) >= 11 is 6.73. The number of imidazole rings is 1. The van der Waals surface area contributed by atoms with Gasteiger partial charge in [0, 0.05) is 16.4 Å². The van der Waals surface area contributed by atoms with Crippen LogP contribution in [0.3, 0.4) is 0 Å². The molecule has 2 rings (SSSR count). The molecule has 0 spiro atoms. The van der Waals surface area contributed by atoms with Crippen molar-refractivity contribution in [2.75, 3.05) is 0 Å². The minimum atomic E-state index is 0.840. The average molecular weight is 302 g/mol. The lowest BCUT2D eigenvalue weighted by Gasteiger charge is -2.00. The van der Waals surface area contributed by atoms with Crippen molar-refractivity contribution < 1.29 is 0 Å². The van der Waals surface area contributed by atoms with Gasteiger partial charge in [-0.2, -0.15) is 0 Å². The van der Waals surface area contributed by atoms with E-state index in [1.807, 2.05) is 35.0 Å². The summed E-state index contributed by atoms with van der Waals surface area (Å²) < 4.78 is 3.86. The summed E-state index contributed by atoms with van der Waals surface area (Å²) in [6.45, 7) is 0. The van der Waals surface area contributed by atoms with Crippen molar-refractivity contribution in [1.82, 2.24) is 9.55 Å². The molecule has 0 aliphatic carbocycles. The fourth-order valence-electron chi connectivity index (χ4n) is 1.08. The van der Waals surface area contributed by atoms with Crippen LogP contribution in [0.2, 0.25) is 0 Å². The number of nitrogens with zero attached hydrogens (tertiary/aromatic N) is 2. The van der Waals surface area contributed by atoms with E-state index in [0.29, 0.717) is 0 Å². The Morgan fingerprint density at radius 1 is 1.23 bits per heavy atom. The summed E-state index contributed by atoms with van der Waals surface area (Å²) in [6.07, 6.45) is 3.69. The molecule has 0 radical (unpaired) electrons. The standard InChI is InChI=1S/C9H6Br2N2/c10-7-2-1-3-8(4-7)13-5-9(11)12-6-13/h1-6H. The Bertz CT molecular complexity index is 423. The maximum atomic E-state index is 4.09. The van der Waals surface area contributed by atoms with Crippen LogP contribution in [0.1, 0.15) is 0 Å². The quantitative estimate of drug-likeness (QED) is 0.789. The molecule has 66 valence electrons. The van der Waals surface area contributed by atoms with Gasteiger partial charge in [-0.05, 0) is 34.1 Å². The number of hydrogen-bond donors (Lipinski definition) is 0. The van der Waals surface area contributed by atoms with Gasteiger partial charge in [-0.15, -0.1) is 0 Å². The van der Waals surface area contributed by atoms with Crippen LogP contribution < -0.4 is 0 Å². The molecule has 0 bridgehead atoms. The lowest BCUT2D eigenvalue weighted by Crippen LogP contribution is -1.88. The zero-order chi connectivity index (χ0) is 9.26. The highest BCUT2D eigenvalue weighted by atomic mass is 79.9. The Kier molecular flexibility index (Phi) is 2.51. The Balaban J connectivity index is 2.46. The van der Waals surface area contributed by atoms with Crippen LogP contribution >= 0.6 is 31.9 Å². The number of benzene rings is 1. The largest absolute Gasteiger partial charge is 0.305 e. The second kappa shape index (κ2) is 3.64. The SMILES string of the molecule is Brc1cccc(-n2cnc(Br)c2)c1. The van der Waals surface area contributed by atoms with Crippen molar-refractivity contribution in [3.05, 3.63) is 45.9 Å². The van der Waals surface area contributed by atoms with Crippen molar-refractivity contribution in [2.24, 2.45) is 0 Å². The zero-order valence-corrected chi connectivity index (χ0v) is 9.79. The van der Waals surface area contributed by atoms with Gasteiger partial charge in [0.05, 0.1) is 0 Å². The highest BCUT2D eigenvalue weighted by Gasteiger charge is 1.97. The molecule has 0 atom stereocenters. The monoisotopic (exact) mass is 300 g/mol. The van der Waals surface area contributed by atoms with E-state index in [9.17, 15) is 0 Å². The first-order chi connectivity index (χ1) is 6.25. The van der Waals surface area contributed by atoms with Crippen molar-refractivity contribution in [1.29, 1.82) is 0 Å². The third-order valence-corrected chi connectivity index (χ3v) is 2.56. The Morgan fingerprint density at radius 2 is 2.08 bits per heavy atom. The van der Waals surface area contributed by atoms with Crippen molar-refractivity contribution in [2.45, 2.75) is 0 Å². The van der Waals surface area contributed by atoms with Crippen LogP contribution in [-0.2, 0) is 0 Å². The third-order valence-electron chi connectivity index (χ3n) is 1.66. The van der Waals surface area contributed by atoms with Gasteiger partial charge in [0.1, 0.15) is 10.9 Å². The molecule has 13 heavy (non-hydrogen) atoms. The van der Waals surface area contributed by atoms with Crippen LogP contribution in [0, 0.1) is 0 Å². The van der Waals surface area contributed by atoms with Gasteiger partial charge >= 0.3 is 0 Å². The van der Waals surface area contributed by atoms with Gasteiger partial charge < -0.3 is 4.57 Å². The van der Waals surface area contributed by atoms with E-state index in [1.165, 1.54) is 0 Å². The van der Waals surface area contributed by atoms with Gasteiger partial charge in [0.2, 0.25) is 0 Å². The molecule has 0 aliphatic rings. The van der Waals surface area contributed by atoms with E-state index in [1.54, 1.807) is 6.33 Å². The molecule has 2 nitrogen and oxygen atoms in total. The van der Waals surface area contributed by atoms with E-state index in [0.717, 1.165) is 14.8 Å². The lowest BCUT2D eigenvalue weighted by molar-refractivity contribution is 1.06. The molecule has 0 aliphatic heterocycles. The van der Waals surface area contributed by atoms with Gasteiger partial charge in [0.25, 0.3) is 0 Å². The molecule has 2 aromatic rings. The van der Waals surface area contributed by atoms with Gasteiger partial charge in [-0.1, -0.05) is 22.0 Å². The van der Waals surface area contributed by atoms with Crippen molar-refractivity contribution in [3.8, 4) is 5.69 Å². The van der Waals surface area contributed by atoms with Crippen LogP contribution in [0.4, 0.5) is 0 Å². The predicted octanol–water partition coefficient (Wildman–Crippen LogP) is 3.40. The number of halogens is 2. The molecule has 1 aromatic heterocycles. The first-order valence-electron chi connectivity index (χ1n) is 3.71. The smallest absolute Gasteiger partial charge is 0.124 e. The number of rotatable bonds is 1. The Hall–Kier alpha value is -0.610. The predicted molar refractivity (Wildman–Crippen MR) is 59.0 cm³/mol. The van der Waals surface area contributed by atoms with Crippen LogP contribution in [0.25, 0.3) is 5.69 Å². The topological polar surface area (TPSA) is 17.8 Å². The van der Waals surface area contributed by atoms with Gasteiger partial charge in [-0.3, -0.25) is 0 Å². The van der Waals surface area contributed by atoms with E-state index in [4.69, 9.17) is 0 Å². The van der Waals surface area contributed by atoms with E-state index in [2.05, 4.69) is 36.8 Å². The molecule has 0 N–H and O–H groups in total. The highest BCUT2D eigenvalue weighted by Crippen LogP contribution is 2.16. The summed E-state index contributed by atoms with van der Waals surface area (Å²) in [4.78, 5) is 4.09. The number of aromatic nitrogens is 2. The molecule has 0 saturated carbocycles. The van der Waals surface area contributed by atoms with Gasteiger partial charge in [-0.25, -0.2) is 4.98 Å². The first kappa shape index (κ1) is 8.97. The summed E-state index contributed by atoms with van der Waals surface area (Å²) in [6, 6.07) is 8.05. The van der Waals surface area contributed by atoms with Crippen molar-refractivity contribution in [3.63, 3.8) is 0 Å². The Labute approximate surface area is 92.9 Å². The fraction of sp³-hybridized carbons (Fsp3) is 0. The molecule has 4 heteroatoms. The molecular weight excluding hydrogens is 296 g/mol. The normalized spacial score (nSPS) is 10.3. The molecule has 1 heterocycles. The van der Waals surface area contributed by atoms with Gasteiger partial charge in [0.15, 0.2) is 0 Å². The Morgan fingerprint density at radius 3 is 2.69 bits per heavy atom. The summed E-state index contributed by atoms with van der Waals surface area (Å²) in [5.74, 6) is 0. The molecule has 1 aromatic carbocycles. The van der Waals surface area contributed by atoms with E-state index in [-0.39, 0.29) is 0 Å². The van der Waals surface area contributed by atoms with E-state index >= 15 is 0 Å². The first-order valence-corrected chi connectivity index (χ1v) is 5.30. The molecular formula is C9H6Br2N2. The van der Waals surface area contributed by atoms with E-state index < -0.39 is 0 Å². The van der Waals surface area contributed by atoms with Crippen LogP contribution in [-0.4, -0.2) is 9.55 Å². The minimum Gasteiger partial charge on any atom is -0.305 e. The molecule has 0 saturated heterocycles. The summed E-state index contributed by atoms with van der Waals surface area (Å²) in [5.41, 5.74) is 1.09. The number of hydrogen-bond acceptors (Lipinski definition) is 1. The summed E-state index contributed by atoms with van der Waals surface area (Å²) in [5, 5.41) is 0. The lowest BCUT2D eigenvalue weighted by atomic mass is 10.3. The minimum absolute atomic E-state index is 0.840. The zero-order valence-electron chi connectivity index (χ0n) is 6.61. The maximum Gasteiger partial charge on any atom is 0.124 e. The molecule has 0 fully saturated rings. The molecule has 0 unspecified atom stereocenters.